The molecule has 13 heavy (non-hydrogen) atoms. The van der Waals surface area contributed by atoms with Crippen LogP contribution < -0.4 is 0 Å². The average molecular weight is 219 g/mol. The molecule has 2 atom stereocenters. The number of thioether (sulfide) groups is 1. The number of alkyl halides is 1. The Hall–Kier alpha value is -0.220. The van der Waals surface area contributed by atoms with Crippen LogP contribution >= 0.6 is 23.4 Å². The van der Waals surface area contributed by atoms with E-state index in [9.17, 15) is 0 Å². The fraction of sp³-hybridized carbons (Fsp3) is 0.750. The van der Waals surface area contributed by atoms with Crippen molar-refractivity contribution in [3.05, 3.63) is 11.8 Å². The second-order valence-electron chi connectivity index (χ2n) is 3.16. The molecule has 0 bridgehead atoms. The molecule has 1 aromatic heterocycles. The summed E-state index contributed by atoms with van der Waals surface area (Å²) >= 11 is 7.76. The van der Waals surface area contributed by atoms with Crippen LogP contribution in [-0.2, 0) is 0 Å². The first-order valence-electron chi connectivity index (χ1n) is 4.32. The van der Waals surface area contributed by atoms with E-state index in [1.165, 1.54) is 5.75 Å². The maximum atomic E-state index is 5.82. The summed E-state index contributed by atoms with van der Waals surface area (Å²) in [5.74, 6) is 4.03. The van der Waals surface area contributed by atoms with Gasteiger partial charge in [0.2, 0.25) is 11.8 Å². The van der Waals surface area contributed by atoms with Crippen molar-refractivity contribution in [2.24, 2.45) is 0 Å². The Morgan fingerprint density at radius 1 is 1.62 bits per heavy atom. The maximum Gasteiger partial charge on any atom is 0.234 e. The molecule has 0 saturated carbocycles. The largest absolute Gasteiger partial charge is 0.423 e. The van der Waals surface area contributed by atoms with Gasteiger partial charge >= 0.3 is 0 Å². The second-order valence-corrected chi connectivity index (χ2v) is 4.96. The predicted molar refractivity (Wildman–Crippen MR) is 53.2 cm³/mol. The van der Waals surface area contributed by atoms with Crippen molar-refractivity contribution in [2.45, 2.75) is 24.6 Å². The van der Waals surface area contributed by atoms with Crippen molar-refractivity contribution in [3.8, 4) is 0 Å². The van der Waals surface area contributed by atoms with Crippen molar-refractivity contribution >= 4 is 23.4 Å². The van der Waals surface area contributed by atoms with Gasteiger partial charge < -0.3 is 4.42 Å². The van der Waals surface area contributed by atoms with Crippen molar-refractivity contribution in [2.75, 3.05) is 11.5 Å². The van der Waals surface area contributed by atoms with Crippen molar-refractivity contribution in [1.82, 2.24) is 10.2 Å². The smallest absolute Gasteiger partial charge is 0.234 e. The van der Waals surface area contributed by atoms with Gasteiger partial charge in [-0.25, -0.2) is 0 Å². The topological polar surface area (TPSA) is 38.9 Å². The van der Waals surface area contributed by atoms with Gasteiger partial charge in [-0.05, 0) is 19.1 Å². The quantitative estimate of drug-likeness (QED) is 0.716. The third-order valence-electron chi connectivity index (χ3n) is 2.08. The van der Waals surface area contributed by atoms with Crippen molar-refractivity contribution in [3.63, 3.8) is 0 Å². The van der Waals surface area contributed by atoms with Crippen LogP contribution in [0.5, 0.6) is 0 Å². The summed E-state index contributed by atoms with van der Waals surface area (Å²) in [4.78, 5) is 0. The van der Waals surface area contributed by atoms with Gasteiger partial charge in [-0.3, -0.25) is 0 Å². The Labute approximate surface area is 86.2 Å². The van der Waals surface area contributed by atoms with Crippen molar-refractivity contribution < 1.29 is 4.42 Å². The molecule has 0 N–H and O–H groups in total. The Morgan fingerprint density at radius 2 is 2.46 bits per heavy atom. The Bertz CT molecular complexity index is 283. The molecule has 1 aromatic rings. The van der Waals surface area contributed by atoms with Crippen LogP contribution in [0.15, 0.2) is 4.42 Å². The Morgan fingerprint density at radius 3 is 3.00 bits per heavy atom. The minimum absolute atomic E-state index is 0.185. The molecule has 0 aromatic carbocycles. The lowest BCUT2D eigenvalue weighted by Gasteiger charge is -1.99. The third-order valence-corrected chi connectivity index (χ3v) is 3.42. The summed E-state index contributed by atoms with van der Waals surface area (Å²) in [6, 6.07) is 0. The highest BCUT2D eigenvalue weighted by atomic mass is 35.5. The maximum absolute atomic E-state index is 5.82. The third kappa shape index (κ3) is 1.99. The summed E-state index contributed by atoms with van der Waals surface area (Å²) in [6.45, 7) is 1.84. The summed E-state index contributed by atoms with van der Waals surface area (Å²) in [7, 11) is 0. The van der Waals surface area contributed by atoms with E-state index in [1.54, 1.807) is 0 Å². The van der Waals surface area contributed by atoms with Crippen LogP contribution in [0, 0.1) is 0 Å². The molecule has 1 aliphatic rings. The Kier molecular flexibility index (Phi) is 2.79. The molecule has 2 rings (SSSR count). The number of rotatable bonds is 2. The lowest BCUT2D eigenvalue weighted by molar-refractivity contribution is 0.426. The molecule has 3 nitrogen and oxygen atoms in total. The Balaban J connectivity index is 2.12. The molecule has 0 aliphatic carbocycles. The van der Waals surface area contributed by atoms with E-state index >= 15 is 0 Å². The van der Waals surface area contributed by atoms with Gasteiger partial charge in [-0.15, -0.1) is 21.8 Å². The second kappa shape index (κ2) is 3.88. The highest BCUT2D eigenvalue weighted by molar-refractivity contribution is 7.99. The van der Waals surface area contributed by atoms with Crippen LogP contribution in [-0.4, -0.2) is 21.7 Å². The highest BCUT2D eigenvalue weighted by Gasteiger charge is 2.23. The number of aromatic nitrogens is 2. The van der Waals surface area contributed by atoms with E-state index < -0.39 is 0 Å². The summed E-state index contributed by atoms with van der Waals surface area (Å²) in [5.41, 5.74) is 0. The number of hydrogen-bond donors (Lipinski definition) is 0. The highest BCUT2D eigenvalue weighted by Crippen LogP contribution is 2.32. The van der Waals surface area contributed by atoms with E-state index in [-0.39, 0.29) is 5.38 Å². The number of hydrogen-bond acceptors (Lipinski definition) is 4. The SMILES string of the molecule is CC(Cl)c1nnc(C2CCSC2)o1. The summed E-state index contributed by atoms with van der Waals surface area (Å²) in [5, 5.41) is 7.72. The molecule has 1 saturated heterocycles. The minimum atomic E-state index is -0.185. The molecule has 1 fully saturated rings. The van der Waals surface area contributed by atoms with Gasteiger partial charge in [-0.1, -0.05) is 0 Å². The van der Waals surface area contributed by atoms with Gasteiger partial charge in [0.05, 0.1) is 0 Å². The van der Waals surface area contributed by atoms with Crippen LogP contribution in [0.2, 0.25) is 0 Å². The monoisotopic (exact) mass is 218 g/mol. The van der Waals surface area contributed by atoms with E-state index in [2.05, 4.69) is 10.2 Å². The summed E-state index contributed by atoms with van der Waals surface area (Å²) in [6.07, 6.45) is 1.14. The van der Waals surface area contributed by atoms with Gasteiger partial charge in [-0.2, -0.15) is 11.8 Å². The number of nitrogens with zero attached hydrogens (tertiary/aromatic N) is 2. The fourth-order valence-electron chi connectivity index (χ4n) is 1.30. The molecular weight excluding hydrogens is 208 g/mol. The summed E-state index contributed by atoms with van der Waals surface area (Å²) < 4.78 is 5.46. The lowest BCUT2D eigenvalue weighted by atomic mass is 10.1. The first-order chi connectivity index (χ1) is 6.27. The molecule has 2 heterocycles. The van der Waals surface area contributed by atoms with E-state index in [0.29, 0.717) is 11.8 Å². The van der Waals surface area contributed by atoms with Gasteiger partial charge in [0.25, 0.3) is 0 Å². The fourth-order valence-corrected chi connectivity index (χ4v) is 2.60. The first-order valence-corrected chi connectivity index (χ1v) is 5.91. The van der Waals surface area contributed by atoms with Gasteiger partial charge in [0.15, 0.2) is 0 Å². The van der Waals surface area contributed by atoms with Gasteiger partial charge in [0, 0.05) is 11.7 Å². The van der Waals surface area contributed by atoms with Gasteiger partial charge in [0.1, 0.15) is 5.38 Å². The molecule has 2 unspecified atom stereocenters. The van der Waals surface area contributed by atoms with E-state index in [1.807, 2.05) is 18.7 Å². The molecule has 5 heteroatoms. The van der Waals surface area contributed by atoms with Crippen LogP contribution in [0.1, 0.15) is 36.4 Å². The minimum Gasteiger partial charge on any atom is -0.423 e. The lowest BCUT2D eigenvalue weighted by Crippen LogP contribution is -1.95. The van der Waals surface area contributed by atoms with Crippen LogP contribution in [0.4, 0.5) is 0 Å². The standard InChI is InChI=1S/C8H11ClN2OS/c1-5(9)7-10-11-8(12-7)6-2-3-13-4-6/h5-6H,2-4H2,1H3. The van der Waals surface area contributed by atoms with Crippen LogP contribution in [0.3, 0.4) is 0 Å². The molecule has 0 spiro atoms. The number of halogens is 1. The zero-order valence-corrected chi connectivity index (χ0v) is 8.94. The molecule has 1 aliphatic heterocycles. The predicted octanol–water partition coefficient (Wildman–Crippen LogP) is 2.59. The molecule has 0 amide bonds. The molecule has 72 valence electrons. The first kappa shape index (κ1) is 9.34. The van der Waals surface area contributed by atoms with E-state index in [4.69, 9.17) is 16.0 Å². The van der Waals surface area contributed by atoms with Crippen molar-refractivity contribution in [1.29, 1.82) is 0 Å². The molecule has 0 radical (unpaired) electrons. The van der Waals surface area contributed by atoms with E-state index in [0.717, 1.165) is 18.1 Å². The van der Waals surface area contributed by atoms with Crippen LogP contribution in [0.25, 0.3) is 0 Å². The molecular formula is C8H11ClN2OS. The normalized spacial score (nSPS) is 24.9. The zero-order chi connectivity index (χ0) is 9.26. The average Bonchev–Trinajstić information content (AvgIpc) is 2.75. The zero-order valence-electron chi connectivity index (χ0n) is 7.36.